The lowest BCUT2D eigenvalue weighted by Crippen LogP contribution is -2.31. The van der Waals surface area contributed by atoms with E-state index in [9.17, 15) is 4.79 Å². The minimum atomic E-state index is -3.13. The van der Waals surface area contributed by atoms with Gasteiger partial charge in [-0.3, -0.25) is 9.36 Å². The Morgan fingerprint density at radius 3 is 1.93 bits per heavy atom. The lowest BCUT2D eigenvalue weighted by molar-refractivity contribution is -0.139. The molecule has 0 radical (unpaired) electrons. The van der Waals surface area contributed by atoms with Gasteiger partial charge >= 0.3 is 14.2 Å². The van der Waals surface area contributed by atoms with Crippen molar-refractivity contribution in [2.24, 2.45) is 5.92 Å². The maximum absolute atomic E-state index is 10.3. The molecule has 0 saturated carbocycles. The minimum absolute atomic E-state index is 0.340. The van der Waals surface area contributed by atoms with Gasteiger partial charge in [-0.1, -0.05) is 13.8 Å². The first-order chi connectivity index (χ1) is 6.31. The van der Waals surface area contributed by atoms with Crippen molar-refractivity contribution in [3.05, 3.63) is 0 Å². The summed E-state index contributed by atoms with van der Waals surface area (Å²) in [5, 5.41) is 8.48. The molecule has 86 valence electrons. The van der Waals surface area contributed by atoms with Crippen LogP contribution in [0.25, 0.3) is 0 Å². The zero-order valence-corrected chi connectivity index (χ0v) is 9.65. The molecule has 0 aromatic carbocycles. The van der Waals surface area contributed by atoms with Gasteiger partial charge in [-0.05, 0) is 24.1 Å². The van der Waals surface area contributed by atoms with E-state index in [4.69, 9.17) is 31.2 Å². The van der Waals surface area contributed by atoms with Crippen LogP contribution in [0.15, 0.2) is 0 Å². The highest BCUT2D eigenvalue weighted by atomic mass is 35.5. The summed E-state index contributed by atoms with van der Waals surface area (Å²) in [5.41, 5.74) is 0. The standard InChI is InChI=1S/C6H12ClNO2.H3O3P/c1-4(2)3-5(8-7)6(9)10;1-4(2)3/h4-5,8H,3H2,1-2H3,(H,9,10);4H,(H2,1,2,3)/t5-;/m0./s1. The second-order valence-corrected chi connectivity index (χ2v) is 3.70. The van der Waals surface area contributed by atoms with Gasteiger partial charge in [0.25, 0.3) is 0 Å². The number of carboxylic acids is 1. The van der Waals surface area contributed by atoms with E-state index in [1.54, 1.807) is 0 Å². The van der Waals surface area contributed by atoms with Gasteiger partial charge in [-0.25, -0.2) is 4.84 Å². The van der Waals surface area contributed by atoms with Crippen molar-refractivity contribution in [3.63, 3.8) is 0 Å². The third kappa shape index (κ3) is 14.4. The maximum atomic E-state index is 10.3. The fraction of sp³-hybridized carbons (Fsp3) is 0.833. The zero-order valence-electron chi connectivity index (χ0n) is 7.90. The van der Waals surface area contributed by atoms with Crippen molar-refractivity contribution < 1.29 is 24.3 Å². The van der Waals surface area contributed by atoms with E-state index >= 15 is 0 Å². The van der Waals surface area contributed by atoms with Gasteiger partial charge in [-0.2, -0.15) is 0 Å². The van der Waals surface area contributed by atoms with Crippen LogP contribution in [0, 0.1) is 5.92 Å². The molecular weight excluding hydrogens is 232 g/mol. The van der Waals surface area contributed by atoms with Crippen LogP contribution in [-0.4, -0.2) is 26.9 Å². The van der Waals surface area contributed by atoms with E-state index in [1.165, 1.54) is 0 Å². The first-order valence-corrected chi connectivity index (χ1v) is 5.50. The number of halogens is 1. The fourth-order valence-electron chi connectivity index (χ4n) is 0.663. The lowest BCUT2D eigenvalue weighted by Gasteiger charge is -2.10. The SMILES string of the molecule is CC(C)C[C@H](NCl)C(=O)O.O=[PH](O)O. The monoisotopic (exact) mass is 247 g/mol. The number of aliphatic carboxylic acids is 1. The first kappa shape index (κ1) is 16.3. The smallest absolute Gasteiger partial charge is 0.321 e. The van der Waals surface area contributed by atoms with Crippen LogP contribution in [-0.2, 0) is 9.36 Å². The number of carboxylic acid groups (broad SMARTS) is 1. The normalized spacial score (nSPS) is 12.2. The second kappa shape index (κ2) is 9.43. The van der Waals surface area contributed by atoms with Gasteiger partial charge in [0.15, 0.2) is 0 Å². The summed E-state index contributed by atoms with van der Waals surface area (Å²) >= 11 is 5.18. The largest absolute Gasteiger partial charge is 0.480 e. The van der Waals surface area contributed by atoms with Crippen molar-refractivity contribution in [1.82, 2.24) is 4.84 Å². The number of nitrogens with one attached hydrogen (secondary N) is 1. The third-order valence-corrected chi connectivity index (χ3v) is 1.40. The Kier molecular flexibility index (Phi) is 11.0. The lowest BCUT2D eigenvalue weighted by atomic mass is 10.1. The molecule has 14 heavy (non-hydrogen) atoms. The van der Waals surface area contributed by atoms with Crippen molar-refractivity contribution >= 4 is 26.0 Å². The Hall–Kier alpha value is -0.130. The predicted molar refractivity (Wildman–Crippen MR) is 53.3 cm³/mol. The molecule has 0 aliphatic carbocycles. The summed E-state index contributed by atoms with van der Waals surface area (Å²) in [5.74, 6) is -0.559. The van der Waals surface area contributed by atoms with E-state index < -0.39 is 20.3 Å². The molecule has 0 aromatic heterocycles. The van der Waals surface area contributed by atoms with Crippen molar-refractivity contribution in [2.45, 2.75) is 26.3 Å². The Bertz CT molecular complexity index is 185. The topological polar surface area (TPSA) is 107 Å². The molecule has 8 heteroatoms. The molecular formula is C6H15ClNO5P. The van der Waals surface area contributed by atoms with Gasteiger partial charge < -0.3 is 14.9 Å². The van der Waals surface area contributed by atoms with Gasteiger partial charge in [0.1, 0.15) is 6.04 Å². The van der Waals surface area contributed by atoms with Crippen LogP contribution in [0.2, 0.25) is 0 Å². The molecule has 0 aromatic rings. The Labute approximate surface area is 88.0 Å². The third-order valence-electron chi connectivity index (χ3n) is 1.14. The molecule has 1 atom stereocenters. The molecule has 0 amide bonds. The maximum Gasteiger partial charge on any atom is 0.321 e. The molecule has 6 nitrogen and oxygen atoms in total. The Morgan fingerprint density at radius 2 is 1.86 bits per heavy atom. The predicted octanol–water partition coefficient (Wildman–Crippen LogP) is 0.590. The highest BCUT2D eigenvalue weighted by Crippen LogP contribution is 2.04. The number of hydrogen-bond acceptors (Lipinski definition) is 3. The molecule has 0 aliphatic heterocycles. The van der Waals surface area contributed by atoms with Crippen LogP contribution in [0.4, 0.5) is 0 Å². The molecule has 4 N–H and O–H groups in total. The van der Waals surface area contributed by atoms with Crippen LogP contribution in [0.5, 0.6) is 0 Å². The van der Waals surface area contributed by atoms with E-state index in [-0.39, 0.29) is 0 Å². The zero-order chi connectivity index (χ0) is 11.7. The fourth-order valence-corrected chi connectivity index (χ4v) is 0.846. The number of hydrogen-bond donors (Lipinski definition) is 4. The number of rotatable bonds is 4. The molecule has 0 unspecified atom stereocenters. The Balaban J connectivity index is 0. The van der Waals surface area contributed by atoms with Crippen molar-refractivity contribution in [3.8, 4) is 0 Å². The van der Waals surface area contributed by atoms with Gasteiger partial charge in [0.05, 0.1) is 0 Å². The van der Waals surface area contributed by atoms with Gasteiger partial charge in [0.2, 0.25) is 0 Å². The molecule has 0 saturated heterocycles. The Morgan fingerprint density at radius 1 is 1.50 bits per heavy atom. The highest BCUT2D eigenvalue weighted by molar-refractivity contribution is 7.30. The van der Waals surface area contributed by atoms with Crippen LogP contribution in [0.1, 0.15) is 20.3 Å². The molecule has 0 rings (SSSR count). The first-order valence-electron chi connectivity index (χ1n) is 3.82. The van der Waals surface area contributed by atoms with Crippen molar-refractivity contribution in [1.29, 1.82) is 0 Å². The van der Waals surface area contributed by atoms with E-state index in [1.807, 2.05) is 13.8 Å². The summed E-state index contributed by atoms with van der Waals surface area (Å²) in [6, 6.07) is -0.623. The minimum Gasteiger partial charge on any atom is -0.480 e. The van der Waals surface area contributed by atoms with Gasteiger partial charge in [-0.15, -0.1) is 0 Å². The molecule has 0 heterocycles. The molecule has 0 fully saturated rings. The average Bonchev–Trinajstić information content (AvgIpc) is 1.98. The summed E-state index contributed by atoms with van der Waals surface area (Å²) in [6.45, 7) is 3.90. The molecule has 0 aliphatic rings. The summed E-state index contributed by atoms with van der Waals surface area (Å²) in [7, 11) is -3.13. The van der Waals surface area contributed by atoms with Crippen molar-refractivity contribution in [2.75, 3.05) is 0 Å². The molecule has 0 spiro atoms. The number of carbonyl (C=O) groups is 1. The van der Waals surface area contributed by atoms with Crippen LogP contribution >= 0.6 is 20.0 Å². The quantitative estimate of drug-likeness (QED) is 0.428. The summed E-state index contributed by atoms with van der Waals surface area (Å²) in [6.07, 6.45) is 0.554. The van der Waals surface area contributed by atoms with E-state index in [2.05, 4.69) is 4.84 Å². The van der Waals surface area contributed by atoms with Crippen LogP contribution in [0.3, 0.4) is 0 Å². The van der Waals surface area contributed by atoms with E-state index in [0.29, 0.717) is 12.3 Å². The highest BCUT2D eigenvalue weighted by Gasteiger charge is 2.16. The second-order valence-electron chi connectivity index (χ2n) is 2.91. The average molecular weight is 248 g/mol. The summed E-state index contributed by atoms with van der Waals surface area (Å²) in [4.78, 5) is 26.8. The van der Waals surface area contributed by atoms with Crippen LogP contribution < -0.4 is 4.84 Å². The van der Waals surface area contributed by atoms with Gasteiger partial charge in [0, 0.05) is 0 Å². The summed E-state index contributed by atoms with van der Waals surface area (Å²) < 4.78 is 8.74. The molecule has 0 bridgehead atoms. The van der Waals surface area contributed by atoms with E-state index in [0.717, 1.165) is 0 Å².